The third kappa shape index (κ3) is 5.57. The minimum absolute atomic E-state index is 0. The second-order valence-electron chi connectivity index (χ2n) is 7.99. The van der Waals surface area contributed by atoms with Crippen molar-refractivity contribution in [3.63, 3.8) is 0 Å². The van der Waals surface area contributed by atoms with Crippen molar-refractivity contribution in [2.45, 2.75) is 50.9 Å². The van der Waals surface area contributed by atoms with E-state index in [-0.39, 0.29) is 36.0 Å². The first-order valence-electron chi connectivity index (χ1n) is 10.8. The molecule has 2 heterocycles. The van der Waals surface area contributed by atoms with Crippen LogP contribution in [-0.2, 0) is 16.1 Å². The summed E-state index contributed by atoms with van der Waals surface area (Å²) in [5.41, 5.74) is 1.15. The highest BCUT2D eigenvalue weighted by atomic mass is 127. The number of rotatable bonds is 5. The molecule has 0 radical (unpaired) electrons. The van der Waals surface area contributed by atoms with Crippen LogP contribution in [0, 0.1) is 0 Å². The molecule has 1 amide bonds. The largest absolute Gasteiger partial charge is 0.490 e. The van der Waals surface area contributed by atoms with Crippen LogP contribution in [0.25, 0.3) is 0 Å². The summed E-state index contributed by atoms with van der Waals surface area (Å²) in [5, 5.41) is 3.47. The maximum Gasteiger partial charge on any atom is 0.251 e. The van der Waals surface area contributed by atoms with Crippen LogP contribution in [0.15, 0.2) is 29.3 Å². The van der Waals surface area contributed by atoms with Gasteiger partial charge in [0.15, 0.2) is 5.96 Å². The van der Waals surface area contributed by atoms with Gasteiger partial charge in [-0.25, -0.2) is 0 Å². The highest BCUT2D eigenvalue weighted by Gasteiger charge is 2.31. The molecular weight excluding hydrogens is 495 g/mol. The lowest BCUT2D eigenvalue weighted by Crippen LogP contribution is -2.55. The van der Waals surface area contributed by atoms with Gasteiger partial charge in [-0.1, -0.05) is 18.2 Å². The van der Waals surface area contributed by atoms with Gasteiger partial charge in [-0.2, -0.15) is 0 Å². The lowest BCUT2D eigenvalue weighted by atomic mass is 9.96. The Morgan fingerprint density at radius 2 is 1.87 bits per heavy atom. The van der Waals surface area contributed by atoms with Crippen LogP contribution in [0.3, 0.4) is 0 Å². The number of nitrogens with zero attached hydrogens (tertiary/aromatic N) is 3. The van der Waals surface area contributed by atoms with E-state index >= 15 is 0 Å². The van der Waals surface area contributed by atoms with Gasteiger partial charge < -0.3 is 24.6 Å². The molecule has 1 aliphatic carbocycles. The number of nitrogens with one attached hydrogen (secondary N) is 1. The van der Waals surface area contributed by atoms with Crippen LogP contribution in [-0.4, -0.2) is 73.7 Å². The molecule has 2 saturated heterocycles. The quantitative estimate of drug-likeness (QED) is 0.362. The van der Waals surface area contributed by atoms with Gasteiger partial charge in [-0.3, -0.25) is 9.79 Å². The first kappa shape index (κ1) is 23.1. The Morgan fingerprint density at radius 3 is 2.50 bits per heavy atom. The number of halogens is 1. The Balaban J connectivity index is 0.00000256. The highest BCUT2D eigenvalue weighted by Crippen LogP contribution is 2.27. The molecule has 3 aliphatic rings. The van der Waals surface area contributed by atoms with Crippen molar-refractivity contribution >= 4 is 35.8 Å². The number of aliphatic imine (C=N–C) groups is 1. The molecule has 1 N–H and O–H groups in total. The van der Waals surface area contributed by atoms with Gasteiger partial charge in [0.1, 0.15) is 11.9 Å². The van der Waals surface area contributed by atoms with E-state index in [0.717, 1.165) is 56.0 Å². The van der Waals surface area contributed by atoms with Crippen LogP contribution in [0.4, 0.5) is 0 Å². The smallest absolute Gasteiger partial charge is 0.251 e. The van der Waals surface area contributed by atoms with E-state index in [2.05, 4.69) is 21.3 Å². The van der Waals surface area contributed by atoms with Gasteiger partial charge >= 0.3 is 0 Å². The number of carbonyl (C=O) groups excluding carboxylic acids is 1. The topological polar surface area (TPSA) is 66.4 Å². The molecule has 1 saturated carbocycles. The Labute approximate surface area is 196 Å². The first-order chi connectivity index (χ1) is 14.2. The molecule has 1 atom stereocenters. The minimum Gasteiger partial charge on any atom is -0.490 e. The zero-order valence-corrected chi connectivity index (χ0v) is 20.0. The molecule has 4 rings (SSSR count). The molecule has 3 fully saturated rings. The molecular formula is C22H33IN4O3. The predicted octanol–water partition coefficient (Wildman–Crippen LogP) is 2.63. The van der Waals surface area contributed by atoms with Gasteiger partial charge in [-0.15, -0.1) is 24.0 Å². The fraction of sp³-hybridized carbons (Fsp3) is 0.636. The van der Waals surface area contributed by atoms with E-state index < -0.39 is 0 Å². The monoisotopic (exact) mass is 528 g/mol. The summed E-state index contributed by atoms with van der Waals surface area (Å²) < 4.78 is 11.7. The van der Waals surface area contributed by atoms with Gasteiger partial charge in [0.2, 0.25) is 0 Å². The summed E-state index contributed by atoms with van der Waals surface area (Å²) in [7, 11) is 1.81. The van der Waals surface area contributed by atoms with Crippen LogP contribution < -0.4 is 10.1 Å². The van der Waals surface area contributed by atoms with E-state index in [1.54, 1.807) is 0 Å². The molecule has 30 heavy (non-hydrogen) atoms. The van der Waals surface area contributed by atoms with Gasteiger partial charge in [0, 0.05) is 51.9 Å². The number of para-hydroxylation sites is 1. The first-order valence-corrected chi connectivity index (χ1v) is 10.8. The van der Waals surface area contributed by atoms with Crippen LogP contribution >= 0.6 is 24.0 Å². The molecule has 8 heteroatoms. The second-order valence-corrected chi connectivity index (χ2v) is 7.99. The SMILES string of the molecule is CN=C(NCc1ccccc1OC1CCC1)N1CCN(C(=O)C2CCCO2)CC1.I. The zero-order valence-electron chi connectivity index (χ0n) is 17.7. The second kappa shape index (κ2) is 11.2. The van der Waals surface area contributed by atoms with Crippen molar-refractivity contribution in [2.24, 2.45) is 4.99 Å². The average molecular weight is 528 g/mol. The summed E-state index contributed by atoms with van der Waals surface area (Å²) >= 11 is 0. The van der Waals surface area contributed by atoms with Gasteiger partial charge in [0.25, 0.3) is 5.91 Å². The number of benzene rings is 1. The lowest BCUT2D eigenvalue weighted by Gasteiger charge is -2.37. The minimum atomic E-state index is -0.230. The fourth-order valence-corrected chi connectivity index (χ4v) is 4.05. The van der Waals surface area contributed by atoms with Crippen molar-refractivity contribution in [1.29, 1.82) is 0 Å². The average Bonchev–Trinajstić information content (AvgIpc) is 3.27. The number of piperazine rings is 1. The van der Waals surface area contributed by atoms with E-state index in [1.807, 2.05) is 30.1 Å². The van der Waals surface area contributed by atoms with Crippen molar-refractivity contribution in [2.75, 3.05) is 39.8 Å². The highest BCUT2D eigenvalue weighted by molar-refractivity contribution is 14.0. The molecule has 0 aromatic heterocycles. The molecule has 1 aromatic carbocycles. The molecule has 7 nitrogen and oxygen atoms in total. The fourth-order valence-electron chi connectivity index (χ4n) is 4.05. The molecule has 0 bridgehead atoms. The van der Waals surface area contributed by atoms with E-state index in [1.165, 1.54) is 6.42 Å². The van der Waals surface area contributed by atoms with Crippen molar-refractivity contribution < 1.29 is 14.3 Å². The van der Waals surface area contributed by atoms with E-state index in [9.17, 15) is 4.79 Å². The van der Waals surface area contributed by atoms with Crippen LogP contribution in [0.1, 0.15) is 37.7 Å². The van der Waals surface area contributed by atoms with Crippen LogP contribution in [0.2, 0.25) is 0 Å². The maximum absolute atomic E-state index is 12.5. The number of amides is 1. The Hall–Kier alpha value is -1.55. The zero-order chi connectivity index (χ0) is 20.1. The molecule has 2 aliphatic heterocycles. The third-order valence-electron chi connectivity index (χ3n) is 6.06. The standard InChI is InChI=1S/C22H32N4O3.HI/c1-23-22(24-16-17-6-2-3-9-19(17)29-18-7-4-8-18)26-13-11-25(12-14-26)21(27)20-10-5-15-28-20;/h2-3,6,9,18,20H,4-5,7-8,10-16H2,1H3,(H,23,24);1H. The van der Waals surface area contributed by atoms with Crippen molar-refractivity contribution in [1.82, 2.24) is 15.1 Å². The number of guanidine groups is 1. The predicted molar refractivity (Wildman–Crippen MR) is 127 cm³/mol. The summed E-state index contributed by atoms with van der Waals surface area (Å²) in [6.45, 7) is 4.35. The van der Waals surface area contributed by atoms with Gasteiger partial charge in [0.05, 0.1) is 6.10 Å². The van der Waals surface area contributed by atoms with Crippen molar-refractivity contribution in [3.8, 4) is 5.75 Å². The third-order valence-corrected chi connectivity index (χ3v) is 6.06. The van der Waals surface area contributed by atoms with Crippen molar-refractivity contribution in [3.05, 3.63) is 29.8 Å². The summed E-state index contributed by atoms with van der Waals surface area (Å²) in [4.78, 5) is 21.1. The number of hydrogen-bond acceptors (Lipinski definition) is 4. The normalized spacial score (nSPS) is 22.3. The van der Waals surface area contributed by atoms with Gasteiger partial charge in [-0.05, 0) is 38.2 Å². The lowest BCUT2D eigenvalue weighted by molar-refractivity contribution is -0.142. The summed E-state index contributed by atoms with van der Waals surface area (Å²) in [6.07, 6.45) is 5.54. The Morgan fingerprint density at radius 1 is 1.13 bits per heavy atom. The molecule has 166 valence electrons. The molecule has 0 spiro atoms. The Bertz CT molecular complexity index is 727. The summed E-state index contributed by atoms with van der Waals surface area (Å²) in [5.74, 6) is 1.98. The Kier molecular flexibility index (Phi) is 8.61. The van der Waals surface area contributed by atoms with E-state index in [4.69, 9.17) is 9.47 Å². The van der Waals surface area contributed by atoms with E-state index in [0.29, 0.717) is 32.3 Å². The molecule has 1 aromatic rings. The number of ether oxygens (including phenoxy) is 2. The number of carbonyl (C=O) groups is 1. The summed E-state index contributed by atoms with van der Waals surface area (Å²) in [6, 6.07) is 8.22. The van der Waals surface area contributed by atoms with Crippen LogP contribution in [0.5, 0.6) is 5.75 Å². The maximum atomic E-state index is 12.5. The molecule has 1 unspecified atom stereocenters. The number of hydrogen-bond donors (Lipinski definition) is 1.